The molecule has 1 heterocycles. The van der Waals surface area contributed by atoms with E-state index in [9.17, 15) is 9.59 Å². The van der Waals surface area contributed by atoms with Crippen LogP contribution in [-0.4, -0.2) is 39.4 Å². The summed E-state index contributed by atoms with van der Waals surface area (Å²) >= 11 is 0. The molecule has 6 nitrogen and oxygen atoms in total. The molecule has 2 aromatic rings. The fourth-order valence-corrected chi connectivity index (χ4v) is 4.94. The molecule has 34 heavy (non-hydrogen) atoms. The second-order valence-electron chi connectivity index (χ2n) is 10.0. The molecule has 2 saturated carbocycles. The summed E-state index contributed by atoms with van der Waals surface area (Å²) in [4.78, 5) is 35.0. The summed E-state index contributed by atoms with van der Waals surface area (Å²) in [5.74, 6) is 0.983. The molecule has 0 bridgehead atoms. The van der Waals surface area contributed by atoms with E-state index in [2.05, 4.69) is 27.0 Å². The van der Waals surface area contributed by atoms with Gasteiger partial charge in [0.1, 0.15) is 17.8 Å². The van der Waals surface area contributed by atoms with Gasteiger partial charge in [-0.2, -0.15) is 0 Å². The third kappa shape index (κ3) is 7.37. The molecule has 6 heteroatoms. The first-order valence-electron chi connectivity index (χ1n) is 13.0. The Morgan fingerprint density at radius 2 is 1.65 bits per heavy atom. The Morgan fingerprint density at radius 1 is 0.912 bits per heavy atom. The first-order chi connectivity index (χ1) is 16.6. The molecule has 1 N–H and O–H groups in total. The predicted molar refractivity (Wildman–Crippen MR) is 133 cm³/mol. The number of benzene rings is 1. The zero-order chi connectivity index (χ0) is 23.8. The van der Waals surface area contributed by atoms with Crippen LogP contribution in [0.3, 0.4) is 0 Å². The number of Topliss-reactive ketones (excluding diaryl/α,β-unsaturated/α-hetero) is 1. The molecule has 0 spiro atoms. The van der Waals surface area contributed by atoms with Crippen LogP contribution in [0.25, 0.3) is 0 Å². The summed E-state index contributed by atoms with van der Waals surface area (Å²) in [6, 6.07) is 10.6. The molecule has 1 aromatic heterocycles. The van der Waals surface area contributed by atoms with Crippen LogP contribution < -0.4 is 4.90 Å². The minimum absolute atomic E-state index is 0.0279. The monoisotopic (exact) mass is 463 g/mol. The van der Waals surface area contributed by atoms with Crippen LogP contribution in [0.15, 0.2) is 36.7 Å². The quantitative estimate of drug-likeness (QED) is 0.306. The van der Waals surface area contributed by atoms with Crippen molar-refractivity contribution in [3.63, 3.8) is 0 Å². The lowest BCUT2D eigenvalue weighted by Gasteiger charge is -2.35. The highest BCUT2D eigenvalue weighted by molar-refractivity contribution is 5.96. The van der Waals surface area contributed by atoms with Crippen LogP contribution in [0.1, 0.15) is 92.2 Å². The van der Waals surface area contributed by atoms with Gasteiger partial charge >= 0.3 is 5.97 Å². The summed E-state index contributed by atoms with van der Waals surface area (Å²) in [6.45, 7) is 1.05. The van der Waals surface area contributed by atoms with Gasteiger partial charge in [0.15, 0.2) is 5.78 Å². The van der Waals surface area contributed by atoms with E-state index in [0.717, 1.165) is 49.5 Å². The number of nitrogens with zero attached hydrogens (tertiary/aromatic N) is 3. The van der Waals surface area contributed by atoms with Gasteiger partial charge in [-0.05, 0) is 62.0 Å². The predicted octanol–water partition coefficient (Wildman–Crippen LogP) is 5.64. The first kappa shape index (κ1) is 24.4. The Labute approximate surface area is 202 Å². The van der Waals surface area contributed by atoms with E-state index in [1.807, 2.05) is 18.2 Å². The van der Waals surface area contributed by atoms with Crippen molar-refractivity contribution < 1.29 is 14.7 Å². The van der Waals surface area contributed by atoms with Crippen molar-refractivity contribution in [3.05, 3.63) is 53.5 Å². The number of hydrogen-bond donors (Lipinski definition) is 1. The molecule has 0 amide bonds. The molecule has 0 saturated heterocycles. The maximum Gasteiger partial charge on any atom is 0.303 e. The number of carboxylic acids is 1. The summed E-state index contributed by atoms with van der Waals surface area (Å²) < 4.78 is 0. The van der Waals surface area contributed by atoms with E-state index in [-0.39, 0.29) is 12.2 Å². The molecule has 0 atom stereocenters. The Hall–Kier alpha value is -2.76. The van der Waals surface area contributed by atoms with Crippen molar-refractivity contribution in [2.24, 2.45) is 5.92 Å². The van der Waals surface area contributed by atoms with Gasteiger partial charge in [-0.15, -0.1) is 0 Å². The number of hydrogen-bond acceptors (Lipinski definition) is 5. The third-order valence-corrected chi connectivity index (χ3v) is 7.14. The van der Waals surface area contributed by atoms with E-state index in [4.69, 9.17) is 5.11 Å². The minimum Gasteiger partial charge on any atom is -0.481 e. The maximum absolute atomic E-state index is 13.0. The highest BCUT2D eigenvalue weighted by atomic mass is 16.4. The van der Waals surface area contributed by atoms with Crippen molar-refractivity contribution in [2.75, 3.05) is 11.4 Å². The third-order valence-electron chi connectivity index (χ3n) is 7.14. The van der Waals surface area contributed by atoms with Crippen LogP contribution in [0, 0.1) is 5.92 Å². The summed E-state index contributed by atoms with van der Waals surface area (Å²) in [7, 11) is 0. The van der Waals surface area contributed by atoms with Gasteiger partial charge in [0.05, 0.1) is 0 Å². The summed E-state index contributed by atoms with van der Waals surface area (Å²) in [5.41, 5.74) is 2.71. The number of aliphatic carboxylic acids is 1. The smallest absolute Gasteiger partial charge is 0.303 e. The molecule has 2 fully saturated rings. The minimum atomic E-state index is -0.727. The molecule has 2 aliphatic rings. The van der Waals surface area contributed by atoms with Gasteiger partial charge in [-0.25, -0.2) is 9.97 Å². The van der Waals surface area contributed by atoms with Crippen LogP contribution in [-0.2, 0) is 17.6 Å². The first-order valence-corrected chi connectivity index (χ1v) is 13.0. The van der Waals surface area contributed by atoms with Crippen molar-refractivity contribution in [3.8, 4) is 0 Å². The highest BCUT2D eigenvalue weighted by Gasteiger charge is 2.30. The highest BCUT2D eigenvalue weighted by Crippen LogP contribution is 2.34. The van der Waals surface area contributed by atoms with E-state index in [1.165, 1.54) is 50.5 Å². The molecule has 0 aliphatic heterocycles. The number of carboxylic acid groups (broad SMARTS) is 1. The number of ketones is 1. The number of anilines is 1. The Kier molecular flexibility index (Phi) is 8.67. The van der Waals surface area contributed by atoms with Crippen LogP contribution in [0.2, 0.25) is 0 Å². The molecule has 4 rings (SSSR count). The lowest BCUT2D eigenvalue weighted by molar-refractivity contribution is -0.137. The molecular formula is C28H37N3O3. The molecule has 0 radical (unpaired) electrons. The second kappa shape index (κ2) is 12.1. The zero-order valence-electron chi connectivity index (χ0n) is 20.1. The van der Waals surface area contributed by atoms with Crippen molar-refractivity contribution in [1.29, 1.82) is 0 Å². The molecule has 0 unspecified atom stereocenters. The number of unbranched alkanes of at least 4 members (excludes halogenated alkanes) is 2. The van der Waals surface area contributed by atoms with Gasteiger partial charge in [0.25, 0.3) is 0 Å². The normalized spacial score (nSPS) is 16.4. The average molecular weight is 464 g/mol. The largest absolute Gasteiger partial charge is 0.481 e. The molecule has 182 valence electrons. The van der Waals surface area contributed by atoms with E-state index >= 15 is 0 Å². The molecular weight excluding hydrogens is 426 g/mol. The average Bonchev–Trinajstić information content (AvgIpc) is 3.68. The fraction of sp³-hybridized carbons (Fsp3) is 0.571. The molecule has 2 aliphatic carbocycles. The van der Waals surface area contributed by atoms with Crippen LogP contribution in [0.4, 0.5) is 5.82 Å². The number of carbonyl (C=O) groups is 2. The number of aryl methyl sites for hydroxylation is 1. The van der Waals surface area contributed by atoms with E-state index < -0.39 is 5.97 Å². The number of rotatable bonds is 13. The van der Waals surface area contributed by atoms with Crippen molar-refractivity contribution >= 4 is 17.6 Å². The standard InChI is InChI=1S/C28H37N3O3/c32-26(17-22-13-11-21(12-14-22)7-3-1-6-10-28(33)34)25-18-27(30-20-29-25)31(19-23-15-16-23)24-8-4-2-5-9-24/h11-14,18,20,23-24H,1-10,15-17,19H2,(H,33,34). The van der Waals surface area contributed by atoms with Gasteiger partial charge in [-0.3, -0.25) is 9.59 Å². The lowest BCUT2D eigenvalue weighted by atomic mass is 9.94. The Balaban J connectivity index is 1.34. The number of carbonyl (C=O) groups excluding carboxylic acids is 1. The van der Waals surface area contributed by atoms with Gasteiger partial charge in [0, 0.05) is 31.5 Å². The molecule has 1 aromatic carbocycles. The van der Waals surface area contributed by atoms with E-state index in [1.54, 1.807) is 6.33 Å². The lowest BCUT2D eigenvalue weighted by Crippen LogP contribution is -2.39. The number of aromatic nitrogens is 2. The van der Waals surface area contributed by atoms with Crippen LogP contribution in [0.5, 0.6) is 0 Å². The van der Waals surface area contributed by atoms with Gasteiger partial charge in [0.2, 0.25) is 0 Å². The Bertz CT molecular complexity index is 950. The topological polar surface area (TPSA) is 83.4 Å². The summed E-state index contributed by atoms with van der Waals surface area (Å²) in [6.07, 6.45) is 14.6. The van der Waals surface area contributed by atoms with Crippen LogP contribution >= 0.6 is 0 Å². The van der Waals surface area contributed by atoms with Crippen molar-refractivity contribution in [1.82, 2.24) is 9.97 Å². The summed E-state index contributed by atoms with van der Waals surface area (Å²) in [5, 5.41) is 8.72. The van der Waals surface area contributed by atoms with Gasteiger partial charge < -0.3 is 10.0 Å². The fourth-order valence-electron chi connectivity index (χ4n) is 4.94. The maximum atomic E-state index is 13.0. The SMILES string of the molecule is O=C(O)CCCCCc1ccc(CC(=O)c2cc(N(CC3CC3)C3CCCCC3)ncn2)cc1. The Morgan fingerprint density at radius 3 is 2.35 bits per heavy atom. The van der Waals surface area contributed by atoms with E-state index in [0.29, 0.717) is 18.2 Å². The zero-order valence-corrected chi connectivity index (χ0v) is 20.1. The van der Waals surface area contributed by atoms with Gasteiger partial charge in [-0.1, -0.05) is 49.9 Å². The van der Waals surface area contributed by atoms with Crippen molar-refractivity contribution in [2.45, 2.75) is 89.5 Å². The second-order valence-corrected chi connectivity index (χ2v) is 10.0.